The standard InChI is InChI=1S/C22H32N6O4S/c1-5-28-15-19(14-23-28)25-22(30)17-9-11-27(12-10-17)16(2)21(29)24-18-7-6-8-20(13-18)33(31,32)26(3)4/h6-8,13-17H,5,9-12H2,1-4H3,(H,24,29)(H,25,30)/t16-/m1/s1. The first kappa shape index (κ1) is 24.9. The van der Waals surface area contributed by atoms with Crippen molar-refractivity contribution in [3.8, 4) is 0 Å². The number of nitrogens with one attached hydrogen (secondary N) is 2. The zero-order valence-electron chi connectivity index (χ0n) is 19.5. The monoisotopic (exact) mass is 476 g/mol. The Morgan fingerprint density at radius 2 is 1.88 bits per heavy atom. The predicted molar refractivity (Wildman–Crippen MR) is 126 cm³/mol. The Labute approximate surface area is 195 Å². The largest absolute Gasteiger partial charge is 0.325 e. The fourth-order valence-electron chi connectivity index (χ4n) is 3.75. The summed E-state index contributed by atoms with van der Waals surface area (Å²) in [6.07, 6.45) is 4.75. The molecular weight excluding hydrogens is 444 g/mol. The fraction of sp³-hybridized carbons (Fsp3) is 0.500. The molecule has 0 unspecified atom stereocenters. The van der Waals surface area contributed by atoms with Gasteiger partial charge in [-0.3, -0.25) is 19.2 Å². The molecular formula is C22H32N6O4S. The Hall–Kier alpha value is -2.76. The Balaban J connectivity index is 1.53. The van der Waals surface area contributed by atoms with Crippen LogP contribution in [0.1, 0.15) is 26.7 Å². The molecule has 3 rings (SSSR count). The third-order valence-electron chi connectivity index (χ3n) is 5.93. The quantitative estimate of drug-likeness (QED) is 0.600. The van der Waals surface area contributed by atoms with E-state index in [4.69, 9.17) is 0 Å². The number of likely N-dealkylation sites (tertiary alicyclic amines) is 1. The Morgan fingerprint density at radius 1 is 1.18 bits per heavy atom. The van der Waals surface area contributed by atoms with Crippen LogP contribution in [-0.4, -0.2) is 72.4 Å². The van der Waals surface area contributed by atoms with Gasteiger partial charge >= 0.3 is 0 Å². The number of sulfonamides is 1. The number of carbonyl (C=O) groups is 2. The van der Waals surface area contributed by atoms with Crippen molar-refractivity contribution in [2.75, 3.05) is 37.8 Å². The molecule has 11 heteroatoms. The number of amides is 2. The number of hydrogen-bond acceptors (Lipinski definition) is 6. The summed E-state index contributed by atoms with van der Waals surface area (Å²) < 4.78 is 27.6. The molecule has 2 aromatic rings. The number of nitrogens with zero attached hydrogens (tertiary/aromatic N) is 4. The molecule has 0 aliphatic carbocycles. The summed E-state index contributed by atoms with van der Waals surface area (Å²) in [6.45, 7) is 5.78. The number of piperidine rings is 1. The smallest absolute Gasteiger partial charge is 0.242 e. The van der Waals surface area contributed by atoms with Crippen molar-refractivity contribution in [2.24, 2.45) is 5.92 Å². The average molecular weight is 477 g/mol. The molecule has 1 aromatic carbocycles. The SMILES string of the molecule is CCn1cc(NC(=O)C2CCN([C@H](C)C(=O)Nc3cccc(S(=O)(=O)N(C)C)c3)CC2)cn1. The molecule has 1 aliphatic rings. The highest BCUT2D eigenvalue weighted by Crippen LogP contribution is 2.22. The van der Waals surface area contributed by atoms with Crippen molar-refractivity contribution in [2.45, 2.75) is 44.2 Å². The summed E-state index contributed by atoms with van der Waals surface area (Å²) in [5.74, 6) is -0.361. The van der Waals surface area contributed by atoms with Gasteiger partial charge < -0.3 is 10.6 Å². The van der Waals surface area contributed by atoms with Gasteiger partial charge in [-0.15, -0.1) is 0 Å². The number of rotatable bonds is 8. The summed E-state index contributed by atoms with van der Waals surface area (Å²) >= 11 is 0. The second-order valence-corrected chi connectivity index (χ2v) is 10.5. The van der Waals surface area contributed by atoms with Crippen molar-refractivity contribution < 1.29 is 18.0 Å². The lowest BCUT2D eigenvalue weighted by Gasteiger charge is -2.34. The van der Waals surface area contributed by atoms with Gasteiger partial charge in [-0.05, 0) is 58.0 Å². The summed E-state index contributed by atoms with van der Waals surface area (Å²) in [6, 6.07) is 5.81. The Kier molecular flexibility index (Phi) is 7.88. The highest BCUT2D eigenvalue weighted by atomic mass is 32.2. The minimum absolute atomic E-state index is 0.0266. The third-order valence-corrected chi connectivity index (χ3v) is 7.74. The maximum atomic E-state index is 12.8. The molecule has 0 radical (unpaired) electrons. The van der Waals surface area contributed by atoms with Crippen LogP contribution in [0.2, 0.25) is 0 Å². The summed E-state index contributed by atoms with van der Waals surface area (Å²) in [5.41, 5.74) is 1.12. The maximum Gasteiger partial charge on any atom is 0.242 e. The minimum Gasteiger partial charge on any atom is -0.325 e. The van der Waals surface area contributed by atoms with Gasteiger partial charge in [0.1, 0.15) is 0 Å². The second-order valence-electron chi connectivity index (χ2n) is 8.36. The molecule has 10 nitrogen and oxygen atoms in total. The van der Waals surface area contributed by atoms with E-state index in [0.717, 1.165) is 10.8 Å². The first-order valence-electron chi connectivity index (χ1n) is 11.0. The molecule has 0 bridgehead atoms. The van der Waals surface area contributed by atoms with Gasteiger partial charge in [-0.25, -0.2) is 12.7 Å². The lowest BCUT2D eigenvalue weighted by molar-refractivity contribution is -0.123. The van der Waals surface area contributed by atoms with E-state index in [-0.39, 0.29) is 22.6 Å². The van der Waals surface area contributed by atoms with Gasteiger partial charge in [0, 0.05) is 38.4 Å². The molecule has 2 heterocycles. The van der Waals surface area contributed by atoms with E-state index in [2.05, 4.69) is 15.7 Å². The van der Waals surface area contributed by atoms with Gasteiger partial charge in [0.05, 0.1) is 22.8 Å². The highest BCUT2D eigenvalue weighted by Gasteiger charge is 2.30. The van der Waals surface area contributed by atoms with Crippen LogP contribution in [0.3, 0.4) is 0 Å². The van der Waals surface area contributed by atoms with E-state index in [0.29, 0.717) is 37.3 Å². The van der Waals surface area contributed by atoms with Crippen LogP contribution in [0.5, 0.6) is 0 Å². The number of anilines is 2. The molecule has 1 aliphatic heterocycles. The molecule has 180 valence electrons. The summed E-state index contributed by atoms with van der Waals surface area (Å²) in [7, 11) is -0.659. The van der Waals surface area contributed by atoms with E-state index >= 15 is 0 Å². The predicted octanol–water partition coefficient (Wildman–Crippen LogP) is 1.83. The van der Waals surface area contributed by atoms with Gasteiger partial charge in [0.15, 0.2) is 0 Å². The van der Waals surface area contributed by atoms with Crippen molar-refractivity contribution in [1.29, 1.82) is 0 Å². The second kappa shape index (κ2) is 10.4. The zero-order valence-corrected chi connectivity index (χ0v) is 20.3. The van der Waals surface area contributed by atoms with Crippen LogP contribution in [-0.2, 0) is 26.2 Å². The van der Waals surface area contributed by atoms with Crippen LogP contribution >= 0.6 is 0 Å². The van der Waals surface area contributed by atoms with Crippen LogP contribution < -0.4 is 10.6 Å². The van der Waals surface area contributed by atoms with Crippen molar-refractivity contribution in [1.82, 2.24) is 19.0 Å². The topological polar surface area (TPSA) is 117 Å². The van der Waals surface area contributed by atoms with E-state index in [1.165, 1.54) is 26.2 Å². The van der Waals surface area contributed by atoms with Crippen molar-refractivity contribution >= 4 is 33.2 Å². The van der Waals surface area contributed by atoms with E-state index < -0.39 is 16.1 Å². The molecule has 1 aromatic heterocycles. The van der Waals surface area contributed by atoms with E-state index in [1.807, 2.05) is 18.7 Å². The summed E-state index contributed by atoms with van der Waals surface area (Å²) in [4.78, 5) is 27.5. The average Bonchev–Trinajstić information content (AvgIpc) is 3.26. The molecule has 2 N–H and O–H groups in total. The molecule has 1 saturated heterocycles. The third kappa shape index (κ3) is 5.98. The van der Waals surface area contributed by atoms with Crippen LogP contribution in [0.15, 0.2) is 41.6 Å². The number of benzene rings is 1. The van der Waals surface area contributed by atoms with Gasteiger partial charge in [-0.2, -0.15) is 5.10 Å². The number of hydrogen-bond donors (Lipinski definition) is 2. The van der Waals surface area contributed by atoms with Crippen LogP contribution in [0.4, 0.5) is 11.4 Å². The lowest BCUT2D eigenvalue weighted by Crippen LogP contribution is -2.47. The lowest BCUT2D eigenvalue weighted by atomic mass is 9.95. The summed E-state index contributed by atoms with van der Waals surface area (Å²) in [5, 5.41) is 9.89. The van der Waals surface area contributed by atoms with E-state index in [1.54, 1.807) is 29.2 Å². The fourth-order valence-corrected chi connectivity index (χ4v) is 4.70. The first-order chi connectivity index (χ1) is 15.6. The number of carbonyl (C=O) groups excluding carboxylic acids is 2. The molecule has 0 spiro atoms. The van der Waals surface area contributed by atoms with Gasteiger partial charge in [0.25, 0.3) is 0 Å². The normalized spacial score (nSPS) is 16.5. The highest BCUT2D eigenvalue weighted by molar-refractivity contribution is 7.89. The van der Waals surface area contributed by atoms with E-state index in [9.17, 15) is 18.0 Å². The number of aromatic nitrogens is 2. The van der Waals surface area contributed by atoms with Gasteiger partial charge in [0.2, 0.25) is 21.8 Å². The minimum atomic E-state index is -3.58. The van der Waals surface area contributed by atoms with Gasteiger partial charge in [-0.1, -0.05) is 6.07 Å². The molecule has 0 saturated carbocycles. The zero-order chi connectivity index (χ0) is 24.2. The van der Waals surface area contributed by atoms with Crippen LogP contribution in [0, 0.1) is 5.92 Å². The molecule has 1 fully saturated rings. The Morgan fingerprint density at radius 3 is 2.48 bits per heavy atom. The molecule has 2 amide bonds. The van der Waals surface area contributed by atoms with Crippen molar-refractivity contribution in [3.05, 3.63) is 36.7 Å². The number of aryl methyl sites for hydroxylation is 1. The van der Waals surface area contributed by atoms with Crippen LogP contribution in [0.25, 0.3) is 0 Å². The molecule has 33 heavy (non-hydrogen) atoms. The van der Waals surface area contributed by atoms with Crippen molar-refractivity contribution in [3.63, 3.8) is 0 Å². The maximum absolute atomic E-state index is 12.8. The first-order valence-corrected chi connectivity index (χ1v) is 12.5. The Bertz CT molecular complexity index is 1090. The molecule has 1 atom stereocenters.